The fraction of sp³-hybridized carbons (Fsp3) is 0.900. The molecule has 0 spiro atoms. The molecule has 152 valence electrons. The number of ether oxygens (including phenoxy) is 4. The van der Waals surface area contributed by atoms with Gasteiger partial charge in [0.15, 0.2) is 0 Å². The highest BCUT2D eigenvalue weighted by atomic mass is 16.8. The Kier molecular flexibility index (Phi) is 11.9. The number of hydrogen-bond donors (Lipinski definition) is 0. The van der Waals surface area contributed by atoms with Crippen molar-refractivity contribution in [1.82, 2.24) is 0 Å². The van der Waals surface area contributed by atoms with Gasteiger partial charge in [-0.2, -0.15) is 0 Å². The Morgan fingerprint density at radius 2 is 1.38 bits per heavy atom. The van der Waals surface area contributed by atoms with Crippen LogP contribution in [0.1, 0.15) is 85.0 Å². The Morgan fingerprint density at radius 3 is 1.96 bits per heavy atom. The molecule has 0 aromatic carbocycles. The highest BCUT2D eigenvalue weighted by Crippen LogP contribution is 2.24. The lowest BCUT2D eigenvalue weighted by Gasteiger charge is -2.29. The third kappa shape index (κ3) is 10.5. The van der Waals surface area contributed by atoms with E-state index in [0.29, 0.717) is 19.4 Å². The lowest BCUT2D eigenvalue weighted by atomic mass is 9.95. The van der Waals surface area contributed by atoms with Crippen LogP contribution in [0.2, 0.25) is 0 Å². The van der Waals surface area contributed by atoms with Crippen LogP contribution in [0, 0.1) is 5.92 Å². The third-order valence-corrected chi connectivity index (χ3v) is 4.55. The van der Waals surface area contributed by atoms with E-state index in [9.17, 15) is 9.59 Å². The molecule has 6 heteroatoms. The molecule has 0 bridgehead atoms. The van der Waals surface area contributed by atoms with Crippen molar-refractivity contribution < 1.29 is 28.5 Å². The van der Waals surface area contributed by atoms with Gasteiger partial charge < -0.3 is 18.9 Å². The maximum absolute atomic E-state index is 11.9. The number of hydrogen-bond acceptors (Lipinski definition) is 6. The van der Waals surface area contributed by atoms with Crippen LogP contribution in [0.25, 0.3) is 0 Å². The van der Waals surface area contributed by atoms with Crippen molar-refractivity contribution in [3.63, 3.8) is 0 Å². The third-order valence-electron chi connectivity index (χ3n) is 4.55. The average Bonchev–Trinajstić information content (AvgIpc) is 2.59. The first-order valence-corrected chi connectivity index (χ1v) is 10.2. The monoisotopic (exact) mass is 372 g/mol. The van der Waals surface area contributed by atoms with Crippen molar-refractivity contribution in [3.05, 3.63) is 0 Å². The first-order valence-electron chi connectivity index (χ1n) is 10.2. The highest BCUT2D eigenvalue weighted by Gasteiger charge is 2.32. The molecular weight excluding hydrogens is 336 g/mol. The minimum atomic E-state index is -0.709. The summed E-state index contributed by atoms with van der Waals surface area (Å²) in [6.07, 6.45) is 7.81. The van der Waals surface area contributed by atoms with Crippen LogP contribution in [0.5, 0.6) is 0 Å². The van der Waals surface area contributed by atoms with Gasteiger partial charge in [0.2, 0.25) is 0 Å². The average molecular weight is 373 g/mol. The Morgan fingerprint density at radius 1 is 0.846 bits per heavy atom. The van der Waals surface area contributed by atoms with E-state index in [0.717, 1.165) is 31.6 Å². The molecule has 0 aromatic rings. The van der Waals surface area contributed by atoms with Crippen LogP contribution in [0.15, 0.2) is 0 Å². The van der Waals surface area contributed by atoms with Gasteiger partial charge in [0.1, 0.15) is 12.2 Å². The molecule has 0 aromatic heterocycles. The van der Waals surface area contributed by atoms with E-state index < -0.39 is 24.5 Å². The van der Waals surface area contributed by atoms with Gasteiger partial charge in [-0.15, -0.1) is 0 Å². The molecule has 2 unspecified atom stereocenters. The van der Waals surface area contributed by atoms with Crippen LogP contribution < -0.4 is 0 Å². The summed E-state index contributed by atoms with van der Waals surface area (Å²) in [5, 5.41) is 0. The SMILES string of the molecule is CCOC(=O)OC1CCCCC1OC(=O)OCCCCCCCC(C)C. The van der Waals surface area contributed by atoms with E-state index in [1.54, 1.807) is 6.92 Å². The largest absolute Gasteiger partial charge is 0.508 e. The molecule has 0 aliphatic heterocycles. The summed E-state index contributed by atoms with van der Waals surface area (Å²) in [5.41, 5.74) is 0. The van der Waals surface area contributed by atoms with E-state index in [-0.39, 0.29) is 6.61 Å². The zero-order valence-electron chi connectivity index (χ0n) is 16.7. The lowest BCUT2D eigenvalue weighted by Crippen LogP contribution is -2.38. The van der Waals surface area contributed by atoms with E-state index in [2.05, 4.69) is 13.8 Å². The van der Waals surface area contributed by atoms with Gasteiger partial charge in [0.25, 0.3) is 0 Å². The molecule has 1 aliphatic rings. The molecule has 6 nitrogen and oxygen atoms in total. The summed E-state index contributed by atoms with van der Waals surface area (Å²) in [7, 11) is 0. The predicted molar refractivity (Wildman–Crippen MR) is 99.1 cm³/mol. The normalized spacial score (nSPS) is 19.8. The molecule has 1 fully saturated rings. The Bertz CT molecular complexity index is 396. The van der Waals surface area contributed by atoms with E-state index in [4.69, 9.17) is 18.9 Å². The number of rotatable bonds is 11. The van der Waals surface area contributed by atoms with Crippen molar-refractivity contribution in [2.45, 2.75) is 97.2 Å². The summed E-state index contributed by atoms with van der Waals surface area (Å²) in [6.45, 7) is 6.84. The summed E-state index contributed by atoms with van der Waals surface area (Å²) >= 11 is 0. The first kappa shape index (κ1) is 22.6. The molecule has 0 heterocycles. The minimum absolute atomic E-state index is 0.261. The lowest BCUT2D eigenvalue weighted by molar-refractivity contribution is -0.0705. The maximum Gasteiger partial charge on any atom is 0.508 e. The van der Waals surface area contributed by atoms with Crippen molar-refractivity contribution in [2.75, 3.05) is 13.2 Å². The Hall–Kier alpha value is -1.46. The van der Waals surface area contributed by atoms with Crippen LogP contribution in [0.4, 0.5) is 9.59 Å². The molecule has 1 rings (SSSR count). The van der Waals surface area contributed by atoms with E-state index in [1.165, 1.54) is 25.7 Å². The quantitative estimate of drug-likeness (QED) is 0.346. The fourth-order valence-corrected chi connectivity index (χ4v) is 3.11. The molecule has 0 N–H and O–H groups in total. The summed E-state index contributed by atoms with van der Waals surface area (Å²) in [5.74, 6) is 0.768. The zero-order chi connectivity index (χ0) is 19.2. The summed E-state index contributed by atoms with van der Waals surface area (Å²) in [6, 6.07) is 0. The van der Waals surface area contributed by atoms with Crippen LogP contribution in [0.3, 0.4) is 0 Å². The number of carbonyl (C=O) groups is 2. The van der Waals surface area contributed by atoms with Gasteiger partial charge >= 0.3 is 12.3 Å². The van der Waals surface area contributed by atoms with Gasteiger partial charge in [0, 0.05) is 0 Å². The second-order valence-electron chi connectivity index (χ2n) is 7.33. The first-order chi connectivity index (χ1) is 12.5. The Balaban J connectivity index is 2.15. The maximum atomic E-state index is 11.9. The van der Waals surface area contributed by atoms with Gasteiger partial charge in [-0.3, -0.25) is 0 Å². The molecular formula is C20H36O6. The van der Waals surface area contributed by atoms with Gasteiger partial charge in [-0.05, 0) is 44.9 Å². The van der Waals surface area contributed by atoms with Crippen molar-refractivity contribution in [3.8, 4) is 0 Å². The second-order valence-corrected chi connectivity index (χ2v) is 7.33. The number of carbonyl (C=O) groups excluding carboxylic acids is 2. The molecule has 1 aliphatic carbocycles. The molecule has 26 heavy (non-hydrogen) atoms. The highest BCUT2D eigenvalue weighted by molar-refractivity contribution is 5.61. The molecule has 0 radical (unpaired) electrons. The van der Waals surface area contributed by atoms with Gasteiger partial charge in [-0.25, -0.2) is 9.59 Å². The second kappa shape index (κ2) is 13.7. The molecule has 0 saturated heterocycles. The topological polar surface area (TPSA) is 71.1 Å². The van der Waals surface area contributed by atoms with Crippen LogP contribution in [-0.4, -0.2) is 37.7 Å². The molecule has 0 amide bonds. The van der Waals surface area contributed by atoms with Crippen LogP contribution >= 0.6 is 0 Å². The fourth-order valence-electron chi connectivity index (χ4n) is 3.11. The molecule has 1 saturated carbocycles. The summed E-state index contributed by atoms with van der Waals surface area (Å²) in [4.78, 5) is 23.3. The summed E-state index contributed by atoms with van der Waals surface area (Å²) < 4.78 is 20.6. The Labute approximate surface area is 157 Å². The van der Waals surface area contributed by atoms with E-state index >= 15 is 0 Å². The predicted octanol–water partition coefficient (Wildman–Crippen LogP) is 5.62. The zero-order valence-corrected chi connectivity index (χ0v) is 16.7. The van der Waals surface area contributed by atoms with Crippen molar-refractivity contribution in [1.29, 1.82) is 0 Å². The molecule has 2 atom stereocenters. The number of unbranched alkanes of at least 4 members (excludes halogenated alkanes) is 4. The smallest absolute Gasteiger partial charge is 0.435 e. The van der Waals surface area contributed by atoms with Crippen molar-refractivity contribution in [2.24, 2.45) is 5.92 Å². The standard InChI is InChI=1S/C20H36O6/c1-4-23-19(21)25-17-13-9-10-14-18(17)26-20(22)24-15-11-7-5-6-8-12-16(2)3/h16-18H,4-15H2,1-3H3. The van der Waals surface area contributed by atoms with Crippen molar-refractivity contribution >= 4 is 12.3 Å². The van der Waals surface area contributed by atoms with Gasteiger partial charge in [0.05, 0.1) is 13.2 Å². The van der Waals surface area contributed by atoms with Gasteiger partial charge in [-0.1, -0.05) is 46.0 Å². The minimum Gasteiger partial charge on any atom is -0.435 e. The van der Waals surface area contributed by atoms with Crippen LogP contribution in [-0.2, 0) is 18.9 Å². The van der Waals surface area contributed by atoms with E-state index in [1.807, 2.05) is 0 Å².